The van der Waals surface area contributed by atoms with Crippen molar-refractivity contribution < 1.29 is 13.9 Å². The molecule has 0 radical (unpaired) electrons. The lowest BCUT2D eigenvalue weighted by Crippen LogP contribution is -2.31. The molecule has 2 heterocycles. The minimum atomic E-state index is -3.23. The molecule has 0 spiro atoms. The molecule has 17 heavy (non-hydrogen) atoms. The van der Waals surface area contributed by atoms with Gasteiger partial charge in [0.2, 0.25) is 5.95 Å². The van der Waals surface area contributed by atoms with Gasteiger partial charge in [-0.05, 0) is 0 Å². The normalized spacial score (nSPS) is 11.9. The Kier molecular flexibility index (Phi) is 2.76. The molecular weight excluding hydrogens is 234 g/mol. The summed E-state index contributed by atoms with van der Waals surface area (Å²) in [5.74, 6) is -3.18. The number of imidazole rings is 1. The number of H-pyrrole nitrogens is 1. The molecule has 0 aliphatic carbocycles. The number of aliphatic hydroxyl groups is 1. The first-order valence-electron chi connectivity index (χ1n) is 4.71. The van der Waals surface area contributed by atoms with Gasteiger partial charge in [0, 0.05) is 0 Å². The van der Waals surface area contributed by atoms with Crippen molar-refractivity contribution in [3.63, 3.8) is 0 Å². The van der Waals surface area contributed by atoms with E-state index in [1.807, 2.05) is 0 Å². The van der Waals surface area contributed by atoms with Crippen LogP contribution in [-0.2, 0) is 0 Å². The van der Waals surface area contributed by atoms with E-state index in [-0.39, 0.29) is 17.4 Å². The fourth-order valence-corrected chi connectivity index (χ4v) is 1.25. The minimum Gasteiger partial charge on any atom is -0.390 e. The summed E-state index contributed by atoms with van der Waals surface area (Å²) in [6.07, 6.45) is 1.36. The third kappa shape index (κ3) is 2.38. The molecule has 0 aliphatic heterocycles. The van der Waals surface area contributed by atoms with Gasteiger partial charge in [-0.25, -0.2) is 13.8 Å². The number of rotatable bonds is 4. The van der Waals surface area contributed by atoms with Gasteiger partial charge < -0.3 is 21.1 Å². The monoisotopic (exact) mass is 244 g/mol. The largest absolute Gasteiger partial charge is 0.390 e. The second-order valence-corrected chi connectivity index (χ2v) is 3.40. The molecule has 2 rings (SSSR count). The number of nitrogen functional groups attached to an aromatic ring is 1. The van der Waals surface area contributed by atoms with Gasteiger partial charge in [-0.15, -0.1) is 0 Å². The number of nitrogens with zero attached hydrogens (tertiary/aromatic N) is 3. The van der Waals surface area contributed by atoms with Crippen molar-refractivity contribution in [1.82, 2.24) is 19.9 Å². The van der Waals surface area contributed by atoms with Crippen LogP contribution in [0.5, 0.6) is 0 Å². The second-order valence-electron chi connectivity index (χ2n) is 3.40. The quantitative estimate of drug-likeness (QED) is 0.601. The molecule has 2 aromatic rings. The summed E-state index contributed by atoms with van der Waals surface area (Å²) in [7, 11) is 0. The average Bonchev–Trinajstić information content (AvgIpc) is 2.73. The topological polar surface area (TPSA) is 113 Å². The highest BCUT2D eigenvalue weighted by Gasteiger charge is 2.27. The Hall–Kier alpha value is -2.03. The van der Waals surface area contributed by atoms with Crippen LogP contribution in [0.25, 0.3) is 11.2 Å². The Labute approximate surface area is 94.1 Å². The fourth-order valence-electron chi connectivity index (χ4n) is 1.25. The van der Waals surface area contributed by atoms with Crippen molar-refractivity contribution in [3.8, 4) is 0 Å². The van der Waals surface area contributed by atoms with Crippen LogP contribution in [0.4, 0.5) is 20.5 Å². The molecule has 0 bridgehead atoms. The highest BCUT2D eigenvalue weighted by molar-refractivity contribution is 5.83. The number of nitrogens with two attached hydrogens (primary N) is 1. The van der Waals surface area contributed by atoms with Gasteiger partial charge in [0.05, 0.1) is 12.9 Å². The molecule has 0 unspecified atom stereocenters. The maximum absolute atomic E-state index is 12.9. The third-order valence-corrected chi connectivity index (χ3v) is 2.05. The number of hydrogen-bond donors (Lipinski definition) is 4. The van der Waals surface area contributed by atoms with Crippen LogP contribution in [-0.4, -0.2) is 44.1 Å². The molecule has 0 saturated heterocycles. The molecule has 0 fully saturated rings. The lowest BCUT2D eigenvalue weighted by molar-refractivity contribution is -0.0373. The Balaban J connectivity index is 2.26. The van der Waals surface area contributed by atoms with Crippen LogP contribution in [0.2, 0.25) is 0 Å². The SMILES string of the molecule is Nc1nc(NCC(F)(F)CO)c2[nH]cnc2n1. The zero-order valence-electron chi connectivity index (χ0n) is 8.61. The van der Waals surface area contributed by atoms with E-state index >= 15 is 0 Å². The molecule has 92 valence electrons. The number of aromatic amines is 1. The number of anilines is 2. The van der Waals surface area contributed by atoms with E-state index in [9.17, 15) is 8.78 Å². The first-order valence-corrected chi connectivity index (χ1v) is 4.71. The number of nitrogens with one attached hydrogen (secondary N) is 2. The Morgan fingerprint density at radius 3 is 2.94 bits per heavy atom. The van der Waals surface area contributed by atoms with Crippen LogP contribution < -0.4 is 11.1 Å². The van der Waals surface area contributed by atoms with E-state index in [4.69, 9.17) is 10.8 Å². The summed E-state index contributed by atoms with van der Waals surface area (Å²) in [5.41, 5.74) is 6.07. The van der Waals surface area contributed by atoms with Crippen molar-refractivity contribution in [2.75, 3.05) is 24.2 Å². The Morgan fingerprint density at radius 2 is 2.24 bits per heavy atom. The zero-order chi connectivity index (χ0) is 12.5. The number of alkyl halides is 2. The molecular formula is C8H10F2N6O. The van der Waals surface area contributed by atoms with Crippen molar-refractivity contribution in [2.24, 2.45) is 0 Å². The number of fused-ring (bicyclic) bond motifs is 1. The van der Waals surface area contributed by atoms with E-state index in [2.05, 4.69) is 25.3 Å². The lowest BCUT2D eigenvalue weighted by atomic mass is 10.3. The van der Waals surface area contributed by atoms with Gasteiger partial charge in [0.1, 0.15) is 12.1 Å². The summed E-state index contributed by atoms with van der Waals surface area (Å²) >= 11 is 0. The second kappa shape index (κ2) is 4.09. The summed E-state index contributed by atoms with van der Waals surface area (Å²) in [6, 6.07) is 0. The summed E-state index contributed by atoms with van der Waals surface area (Å²) in [6.45, 7) is -2.00. The van der Waals surface area contributed by atoms with Crippen molar-refractivity contribution in [3.05, 3.63) is 6.33 Å². The zero-order valence-corrected chi connectivity index (χ0v) is 8.61. The van der Waals surface area contributed by atoms with E-state index in [1.165, 1.54) is 6.33 Å². The summed E-state index contributed by atoms with van der Waals surface area (Å²) < 4.78 is 25.7. The van der Waals surface area contributed by atoms with Crippen LogP contribution >= 0.6 is 0 Å². The molecule has 0 aromatic carbocycles. The van der Waals surface area contributed by atoms with E-state index in [1.54, 1.807) is 0 Å². The predicted molar refractivity (Wildman–Crippen MR) is 56.6 cm³/mol. The number of halogens is 2. The third-order valence-electron chi connectivity index (χ3n) is 2.05. The van der Waals surface area contributed by atoms with Gasteiger partial charge in [0.15, 0.2) is 11.5 Å². The number of aromatic nitrogens is 4. The molecule has 9 heteroatoms. The van der Waals surface area contributed by atoms with Crippen LogP contribution in [0, 0.1) is 0 Å². The van der Waals surface area contributed by atoms with Crippen LogP contribution in [0.15, 0.2) is 6.33 Å². The van der Waals surface area contributed by atoms with E-state index in [0.717, 1.165) is 0 Å². The van der Waals surface area contributed by atoms with Gasteiger partial charge in [-0.3, -0.25) is 0 Å². The Bertz CT molecular complexity index is 528. The Morgan fingerprint density at radius 1 is 1.47 bits per heavy atom. The summed E-state index contributed by atoms with van der Waals surface area (Å²) in [5, 5.41) is 10.8. The van der Waals surface area contributed by atoms with Gasteiger partial charge in [-0.2, -0.15) is 9.97 Å². The average molecular weight is 244 g/mol. The maximum atomic E-state index is 12.9. The lowest BCUT2D eigenvalue weighted by Gasteiger charge is -2.14. The highest BCUT2D eigenvalue weighted by atomic mass is 19.3. The molecule has 0 aliphatic rings. The molecule has 5 N–H and O–H groups in total. The van der Waals surface area contributed by atoms with E-state index in [0.29, 0.717) is 5.52 Å². The maximum Gasteiger partial charge on any atom is 0.287 e. The smallest absolute Gasteiger partial charge is 0.287 e. The molecule has 2 aromatic heterocycles. The van der Waals surface area contributed by atoms with E-state index < -0.39 is 19.1 Å². The fraction of sp³-hybridized carbons (Fsp3) is 0.375. The summed E-state index contributed by atoms with van der Waals surface area (Å²) in [4.78, 5) is 14.1. The van der Waals surface area contributed by atoms with Crippen LogP contribution in [0.1, 0.15) is 0 Å². The van der Waals surface area contributed by atoms with Crippen molar-refractivity contribution in [2.45, 2.75) is 5.92 Å². The van der Waals surface area contributed by atoms with Gasteiger partial charge in [0.25, 0.3) is 5.92 Å². The first kappa shape index (κ1) is 11.5. The number of hydrogen-bond acceptors (Lipinski definition) is 6. The standard InChI is InChI=1S/C8H10F2N6O/c9-8(10,2-17)1-12-5-4-6(14-3-13-4)16-7(11)15-5/h3,17H,1-2H2,(H4,11,12,13,14,15,16). The van der Waals surface area contributed by atoms with Gasteiger partial charge >= 0.3 is 0 Å². The van der Waals surface area contributed by atoms with Gasteiger partial charge in [-0.1, -0.05) is 0 Å². The molecule has 0 atom stereocenters. The predicted octanol–water partition coefficient (Wildman–Crippen LogP) is -0.0254. The minimum absolute atomic E-state index is 0.0700. The first-order chi connectivity index (χ1) is 8.02. The number of aliphatic hydroxyl groups excluding tert-OH is 1. The van der Waals surface area contributed by atoms with Crippen molar-refractivity contribution >= 4 is 22.9 Å². The highest BCUT2D eigenvalue weighted by Crippen LogP contribution is 2.19. The molecule has 0 amide bonds. The van der Waals surface area contributed by atoms with Crippen molar-refractivity contribution in [1.29, 1.82) is 0 Å². The van der Waals surface area contributed by atoms with Crippen LogP contribution in [0.3, 0.4) is 0 Å². The molecule has 0 saturated carbocycles. The molecule has 7 nitrogen and oxygen atoms in total.